The highest BCUT2D eigenvalue weighted by Gasteiger charge is 2.21. The van der Waals surface area contributed by atoms with E-state index in [2.05, 4.69) is 29.8 Å². The third-order valence-electron chi connectivity index (χ3n) is 4.66. The largest absolute Gasteiger partial charge is 0.497 e. The standard InChI is InChI=1S/C23H25N3O3/c1-5-11-29-23(27)25-17-8-6-7-16(12-17)22-20(14-24)19-10-9-18(28-4)13-21(19)26(22)15(2)3/h6-10,12-13,15H,5,11H2,1-4H3,(H,25,27). The fraction of sp³-hybridized carbons (Fsp3) is 0.304. The van der Waals surface area contributed by atoms with Gasteiger partial charge in [-0.15, -0.1) is 0 Å². The Bertz CT molecular complexity index is 1080. The number of anilines is 1. The van der Waals surface area contributed by atoms with Crippen molar-refractivity contribution in [3.63, 3.8) is 0 Å². The molecule has 3 aromatic rings. The van der Waals surface area contributed by atoms with Crippen molar-refractivity contribution in [1.82, 2.24) is 4.57 Å². The smallest absolute Gasteiger partial charge is 0.411 e. The maximum absolute atomic E-state index is 11.9. The molecule has 0 saturated heterocycles. The Hall–Kier alpha value is -3.46. The second-order valence-corrected chi connectivity index (χ2v) is 7.02. The average molecular weight is 391 g/mol. The first kappa shape index (κ1) is 20.3. The maximum atomic E-state index is 11.9. The number of carbonyl (C=O) groups is 1. The molecule has 0 atom stereocenters. The Labute approximate surface area is 170 Å². The third-order valence-corrected chi connectivity index (χ3v) is 4.66. The maximum Gasteiger partial charge on any atom is 0.411 e. The molecule has 0 aliphatic rings. The molecule has 0 bridgehead atoms. The van der Waals surface area contributed by atoms with Crippen molar-refractivity contribution in [2.75, 3.05) is 19.0 Å². The number of nitrogens with one attached hydrogen (secondary N) is 1. The molecule has 1 heterocycles. The Morgan fingerprint density at radius 2 is 2.03 bits per heavy atom. The van der Waals surface area contributed by atoms with Gasteiger partial charge in [0.1, 0.15) is 11.8 Å². The number of amides is 1. The van der Waals surface area contributed by atoms with Crippen LogP contribution in [0.3, 0.4) is 0 Å². The summed E-state index contributed by atoms with van der Waals surface area (Å²) in [6.45, 7) is 6.46. The summed E-state index contributed by atoms with van der Waals surface area (Å²) in [5.74, 6) is 0.738. The van der Waals surface area contributed by atoms with E-state index in [0.29, 0.717) is 17.9 Å². The first-order valence-corrected chi connectivity index (χ1v) is 9.66. The SMILES string of the molecule is CCCOC(=O)Nc1cccc(-c2c(C#N)c3ccc(OC)cc3n2C(C)C)c1. The molecular formula is C23H25N3O3. The zero-order valence-electron chi connectivity index (χ0n) is 17.2. The van der Waals surface area contributed by atoms with Crippen LogP contribution in [0.5, 0.6) is 5.75 Å². The van der Waals surface area contributed by atoms with Crippen LogP contribution in [0.2, 0.25) is 0 Å². The molecule has 150 valence electrons. The van der Waals surface area contributed by atoms with E-state index in [0.717, 1.165) is 34.3 Å². The van der Waals surface area contributed by atoms with Crippen molar-refractivity contribution in [2.45, 2.75) is 33.2 Å². The van der Waals surface area contributed by atoms with E-state index in [4.69, 9.17) is 9.47 Å². The molecular weight excluding hydrogens is 366 g/mol. The van der Waals surface area contributed by atoms with Gasteiger partial charge in [0.15, 0.2) is 0 Å². The molecule has 0 aliphatic carbocycles. The molecule has 0 saturated carbocycles. The van der Waals surface area contributed by atoms with Crippen molar-refractivity contribution in [1.29, 1.82) is 5.26 Å². The summed E-state index contributed by atoms with van der Waals surface area (Å²) in [7, 11) is 1.63. The predicted octanol–water partition coefficient (Wildman–Crippen LogP) is 5.73. The molecule has 1 amide bonds. The molecule has 6 nitrogen and oxygen atoms in total. The molecule has 0 spiro atoms. The molecule has 3 rings (SSSR count). The lowest BCUT2D eigenvalue weighted by atomic mass is 10.1. The van der Waals surface area contributed by atoms with Gasteiger partial charge in [-0.25, -0.2) is 4.79 Å². The van der Waals surface area contributed by atoms with Crippen LogP contribution < -0.4 is 10.1 Å². The number of nitriles is 1. The summed E-state index contributed by atoms with van der Waals surface area (Å²) < 4.78 is 12.6. The lowest BCUT2D eigenvalue weighted by Gasteiger charge is -2.16. The van der Waals surface area contributed by atoms with Crippen LogP contribution in [-0.2, 0) is 4.74 Å². The highest BCUT2D eigenvalue weighted by atomic mass is 16.5. The second kappa shape index (κ2) is 8.70. The minimum atomic E-state index is -0.487. The Morgan fingerprint density at radius 1 is 1.24 bits per heavy atom. The van der Waals surface area contributed by atoms with Gasteiger partial charge in [0.25, 0.3) is 0 Å². The minimum absolute atomic E-state index is 0.118. The quantitative estimate of drug-likeness (QED) is 0.582. The van der Waals surface area contributed by atoms with Gasteiger partial charge in [0, 0.05) is 28.7 Å². The Kier molecular flexibility index (Phi) is 6.08. The Morgan fingerprint density at radius 3 is 2.69 bits per heavy atom. The summed E-state index contributed by atoms with van der Waals surface area (Å²) in [5.41, 5.74) is 3.81. The molecule has 2 aromatic carbocycles. The number of fused-ring (bicyclic) bond motifs is 1. The molecule has 0 fully saturated rings. The summed E-state index contributed by atoms with van der Waals surface area (Å²) in [6, 6.07) is 15.7. The monoisotopic (exact) mass is 391 g/mol. The number of rotatable bonds is 6. The minimum Gasteiger partial charge on any atom is -0.497 e. The van der Waals surface area contributed by atoms with E-state index >= 15 is 0 Å². The van der Waals surface area contributed by atoms with Crippen LogP contribution in [0.25, 0.3) is 22.2 Å². The molecule has 0 aliphatic heterocycles. The van der Waals surface area contributed by atoms with Gasteiger partial charge in [0.2, 0.25) is 0 Å². The number of ether oxygens (including phenoxy) is 2. The van der Waals surface area contributed by atoms with Crippen LogP contribution in [0.1, 0.15) is 38.8 Å². The zero-order valence-corrected chi connectivity index (χ0v) is 17.2. The topological polar surface area (TPSA) is 76.3 Å². The Balaban J connectivity index is 2.14. The van der Waals surface area contributed by atoms with Gasteiger partial charge < -0.3 is 14.0 Å². The number of nitrogens with zero attached hydrogens (tertiary/aromatic N) is 2. The lowest BCUT2D eigenvalue weighted by molar-refractivity contribution is 0.161. The molecule has 1 aromatic heterocycles. The highest BCUT2D eigenvalue weighted by molar-refractivity contribution is 5.96. The third kappa shape index (κ3) is 4.04. The van der Waals surface area contributed by atoms with Crippen LogP contribution in [0.4, 0.5) is 10.5 Å². The number of aromatic nitrogens is 1. The summed E-state index contributed by atoms with van der Waals surface area (Å²) in [4.78, 5) is 11.9. The number of carbonyl (C=O) groups excluding carboxylic acids is 1. The average Bonchev–Trinajstić information content (AvgIpc) is 3.06. The van der Waals surface area contributed by atoms with E-state index in [1.54, 1.807) is 13.2 Å². The number of benzene rings is 2. The molecule has 0 unspecified atom stereocenters. The first-order valence-electron chi connectivity index (χ1n) is 9.66. The zero-order chi connectivity index (χ0) is 21.0. The van der Waals surface area contributed by atoms with Gasteiger partial charge in [-0.05, 0) is 44.5 Å². The van der Waals surface area contributed by atoms with Crippen LogP contribution >= 0.6 is 0 Å². The molecule has 29 heavy (non-hydrogen) atoms. The number of hydrogen-bond donors (Lipinski definition) is 1. The fourth-order valence-electron chi connectivity index (χ4n) is 3.44. The van der Waals surface area contributed by atoms with Crippen LogP contribution in [-0.4, -0.2) is 24.4 Å². The van der Waals surface area contributed by atoms with E-state index in [1.807, 2.05) is 43.3 Å². The molecule has 0 radical (unpaired) electrons. The summed E-state index contributed by atoms with van der Waals surface area (Å²) in [6.07, 6.45) is 0.273. The molecule has 1 N–H and O–H groups in total. The lowest BCUT2D eigenvalue weighted by Crippen LogP contribution is -2.14. The molecule has 6 heteroatoms. The van der Waals surface area contributed by atoms with Crippen LogP contribution in [0, 0.1) is 11.3 Å². The second-order valence-electron chi connectivity index (χ2n) is 7.02. The number of hydrogen-bond acceptors (Lipinski definition) is 4. The van der Waals surface area contributed by atoms with Gasteiger partial charge >= 0.3 is 6.09 Å². The van der Waals surface area contributed by atoms with E-state index in [-0.39, 0.29) is 6.04 Å². The van der Waals surface area contributed by atoms with E-state index in [1.165, 1.54) is 0 Å². The summed E-state index contributed by atoms with van der Waals surface area (Å²) in [5, 5.41) is 13.6. The van der Waals surface area contributed by atoms with Gasteiger partial charge in [-0.3, -0.25) is 5.32 Å². The first-order chi connectivity index (χ1) is 14.0. The van der Waals surface area contributed by atoms with Crippen molar-refractivity contribution in [3.8, 4) is 23.1 Å². The van der Waals surface area contributed by atoms with Gasteiger partial charge in [0.05, 0.1) is 30.5 Å². The van der Waals surface area contributed by atoms with Crippen molar-refractivity contribution in [2.24, 2.45) is 0 Å². The number of methoxy groups -OCH3 is 1. The highest BCUT2D eigenvalue weighted by Crippen LogP contribution is 2.38. The van der Waals surface area contributed by atoms with Crippen molar-refractivity contribution in [3.05, 3.63) is 48.0 Å². The predicted molar refractivity (Wildman–Crippen MR) is 114 cm³/mol. The van der Waals surface area contributed by atoms with Crippen molar-refractivity contribution < 1.29 is 14.3 Å². The fourth-order valence-corrected chi connectivity index (χ4v) is 3.44. The summed E-state index contributed by atoms with van der Waals surface area (Å²) >= 11 is 0. The van der Waals surface area contributed by atoms with Gasteiger partial charge in [-0.2, -0.15) is 5.26 Å². The van der Waals surface area contributed by atoms with E-state index in [9.17, 15) is 10.1 Å². The normalized spacial score (nSPS) is 10.8. The van der Waals surface area contributed by atoms with Crippen LogP contribution in [0.15, 0.2) is 42.5 Å². The van der Waals surface area contributed by atoms with Crippen molar-refractivity contribution >= 4 is 22.7 Å². The van der Waals surface area contributed by atoms with E-state index < -0.39 is 6.09 Å². The van der Waals surface area contributed by atoms with Gasteiger partial charge in [-0.1, -0.05) is 19.1 Å².